The smallest absolute Gasteiger partial charge is 0.252 e. The van der Waals surface area contributed by atoms with Gasteiger partial charge in [-0.15, -0.1) is 11.3 Å². The maximum Gasteiger partial charge on any atom is 0.252 e. The molecule has 8 nitrogen and oxygen atoms in total. The lowest BCUT2D eigenvalue weighted by molar-refractivity contribution is -0.122. The first kappa shape index (κ1) is 24.4. The number of thiazole rings is 1. The van der Waals surface area contributed by atoms with Crippen molar-refractivity contribution in [2.75, 3.05) is 33.9 Å². The highest BCUT2D eigenvalue weighted by Crippen LogP contribution is 2.31. The number of carbonyl (C=O) groups is 1. The summed E-state index contributed by atoms with van der Waals surface area (Å²) < 4.78 is 41.4. The van der Waals surface area contributed by atoms with Crippen LogP contribution in [0.1, 0.15) is 12.8 Å². The second-order valence-corrected chi connectivity index (χ2v) is 12.5. The molecule has 0 N–H and O–H groups in total. The molecule has 1 aromatic carbocycles. The highest BCUT2D eigenvalue weighted by Gasteiger charge is 2.34. The van der Waals surface area contributed by atoms with Crippen LogP contribution in [0.15, 0.2) is 39.5 Å². The van der Waals surface area contributed by atoms with Gasteiger partial charge in [0, 0.05) is 26.7 Å². The standard InChI is InChI=1S/C21H24ClN3O5S3/c1-29-11-10-25-16-6-5-15(30-2)12-17(16)31-21(25)23-20(26)14-4-3-9-24(13-14)33(27,28)19-8-7-18(22)32-19/h5-8,12,14H,3-4,9-11,13H2,1-2H3. The molecule has 1 aliphatic heterocycles. The molecule has 3 aromatic rings. The Morgan fingerprint density at radius 2 is 2.06 bits per heavy atom. The van der Waals surface area contributed by atoms with Gasteiger partial charge in [0.2, 0.25) is 0 Å². The lowest BCUT2D eigenvalue weighted by Crippen LogP contribution is -2.42. The number of halogens is 1. The van der Waals surface area contributed by atoms with Gasteiger partial charge in [0.15, 0.2) is 4.80 Å². The quantitative estimate of drug-likeness (QED) is 0.466. The van der Waals surface area contributed by atoms with Crippen molar-refractivity contribution in [1.29, 1.82) is 0 Å². The average molecular weight is 530 g/mol. The molecule has 0 spiro atoms. The molecule has 1 amide bonds. The number of hydrogen-bond donors (Lipinski definition) is 0. The summed E-state index contributed by atoms with van der Waals surface area (Å²) in [5, 5.41) is 0. The van der Waals surface area contributed by atoms with E-state index in [1.165, 1.54) is 21.7 Å². The second kappa shape index (κ2) is 10.2. The number of benzene rings is 1. The van der Waals surface area contributed by atoms with Crippen molar-refractivity contribution < 1.29 is 22.7 Å². The number of fused-ring (bicyclic) bond motifs is 1. The van der Waals surface area contributed by atoms with Crippen molar-refractivity contribution in [1.82, 2.24) is 8.87 Å². The van der Waals surface area contributed by atoms with E-state index in [1.54, 1.807) is 20.3 Å². The first-order valence-corrected chi connectivity index (χ1v) is 13.8. The summed E-state index contributed by atoms with van der Waals surface area (Å²) in [6, 6.07) is 8.78. The fourth-order valence-electron chi connectivity index (χ4n) is 3.78. The lowest BCUT2D eigenvalue weighted by atomic mass is 9.99. The predicted molar refractivity (Wildman–Crippen MR) is 130 cm³/mol. The average Bonchev–Trinajstić information content (AvgIpc) is 3.40. The number of piperidine rings is 1. The third-order valence-corrected chi connectivity index (χ3v) is 10.1. The Morgan fingerprint density at radius 1 is 1.24 bits per heavy atom. The summed E-state index contributed by atoms with van der Waals surface area (Å²) >= 11 is 8.34. The van der Waals surface area contributed by atoms with Crippen LogP contribution in [-0.4, -0.2) is 57.1 Å². The van der Waals surface area contributed by atoms with Crippen LogP contribution in [-0.2, 0) is 26.1 Å². The molecule has 2 aromatic heterocycles. The SMILES string of the molecule is COCCn1c(=NC(=O)C2CCCN(S(=O)(=O)c3ccc(Cl)s3)C2)sc2cc(OC)ccc21. The molecule has 33 heavy (non-hydrogen) atoms. The minimum absolute atomic E-state index is 0.108. The molecule has 1 aliphatic rings. The van der Waals surface area contributed by atoms with Crippen molar-refractivity contribution in [3.8, 4) is 5.75 Å². The Hall–Kier alpha value is -1.76. The summed E-state index contributed by atoms with van der Waals surface area (Å²) in [5.74, 6) is -0.0919. The van der Waals surface area contributed by atoms with Crippen LogP contribution in [0, 0.1) is 5.92 Å². The third kappa shape index (κ3) is 5.18. The van der Waals surface area contributed by atoms with Gasteiger partial charge in [0.05, 0.1) is 34.2 Å². The second-order valence-electron chi connectivity index (χ2n) is 7.57. The highest BCUT2D eigenvalue weighted by atomic mass is 35.5. The van der Waals surface area contributed by atoms with E-state index in [0.717, 1.165) is 27.3 Å². The third-order valence-electron chi connectivity index (χ3n) is 5.49. The number of sulfonamides is 1. The minimum atomic E-state index is -3.69. The van der Waals surface area contributed by atoms with E-state index in [9.17, 15) is 13.2 Å². The Labute approximate surface area is 205 Å². The predicted octanol–water partition coefficient (Wildman–Crippen LogP) is 3.60. The number of thiophene rings is 1. The van der Waals surface area contributed by atoms with Crippen molar-refractivity contribution in [2.24, 2.45) is 10.9 Å². The van der Waals surface area contributed by atoms with Crippen LogP contribution in [0.25, 0.3) is 10.2 Å². The molecule has 3 heterocycles. The van der Waals surface area contributed by atoms with E-state index in [2.05, 4.69) is 4.99 Å². The lowest BCUT2D eigenvalue weighted by Gasteiger charge is -2.29. The van der Waals surface area contributed by atoms with Gasteiger partial charge < -0.3 is 14.0 Å². The zero-order valence-electron chi connectivity index (χ0n) is 18.2. The highest BCUT2D eigenvalue weighted by molar-refractivity contribution is 7.91. The van der Waals surface area contributed by atoms with Crippen LogP contribution in [0.3, 0.4) is 0 Å². The number of aromatic nitrogens is 1. The van der Waals surface area contributed by atoms with Crippen LogP contribution < -0.4 is 9.54 Å². The van der Waals surface area contributed by atoms with Gasteiger partial charge in [0.1, 0.15) is 9.96 Å². The van der Waals surface area contributed by atoms with E-state index in [4.69, 9.17) is 21.1 Å². The van der Waals surface area contributed by atoms with Gasteiger partial charge in [-0.3, -0.25) is 4.79 Å². The molecular weight excluding hydrogens is 506 g/mol. The van der Waals surface area contributed by atoms with Crippen LogP contribution in [0.2, 0.25) is 4.34 Å². The Bertz CT molecular complexity index is 1330. The molecule has 0 radical (unpaired) electrons. The normalized spacial score (nSPS) is 18.2. The Morgan fingerprint density at radius 3 is 2.76 bits per heavy atom. The van der Waals surface area contributed by atoms with Crippen molar-refractivity contribution in [2.45, 2.75) is 23.6 Å². The van der Waals surface area contributed by atoms with Gasteiger partial charge >= 0.3 is 0 Å². The largest absolute Gasteiger partial charge is 0.497 e. The van der Waals surface area contributed by atoms with Gasteiger partial charge in [-0.1, -0.05) is 22.9 Å². The first-order valence-electron chi connectivity index (χ1n) is 10.3. The molecule has 1 atom stereocenters. The first-order chi connectivity index (χ1) is 15.8. The monoisotopic (exact) mass is 529 g/mol. The number of methoxy groups -OCH3 is 2. The zero-order valence-corrected chi connectivity index (χ0v) is 21.4. The van der Waals surface area contributed by atoms with E-state index in [0.29, 0.717) is 41.7 Å². The number of hydrogen-bond acceptors (Lipinski definition) is 7. The molecule has 12 heteroatoms. The van der Waals surface area contributed by atoms with E-state index in [1.807, 2.05) is 22.8 Å². The van der Waals surface area contributed by atoms with Crippen LogP contribution in [0.4, 0.5) is 0 Å². The fourth-order valence-corrected chi connectivity index (χ4v) is 8.03. The number of amides is 1. The van der Waals surface area contributed by atoms with Gasteiger partial charge in [0.25, 0.3) is 15.9 Å². The van der Waals surface area contributed by atoms with E-state index in [-0.39, 0.29) is 16.7 Å². The fraction of sp³-hybridized carbons (Fsp3) is 0.429. The van der Waals surface area contributed by atoms with Crippen molar-refractivity contribution in [3.05, 3.63) is 39.5 Å². The molecule has 0 saturated carbocycles. The molecule has 1 saturated heterocycles. The number of nitrogens with zero attached hydrogens (tertiary/aromatic N) is 3. The molecular formula is C21H24ClN3O5S3. The Kier molecular flexibility index (Phi) is 7.56. The number of rotatable bonds is 7. The van der Waals surface area contributed by atoms with Crippen molar-refractivity contribution in [3.63, 3.8) is 0 Å². The zero-order chi connectivity index (χ0) is 23.6. The molecule has 178 valence electrons. The molecule has 0 bridgehead atoms. The van der Waals surface area contributed by atoms with Gasteiger partial charge in [-0.25, -0.2) is 8.42 Å². The van der Waals surface area contributed by atoms with Gasteiger partial charge in [-0.2, -0.15) is 9.30 Å². The van der Waals surface area contributed by atoms with E-state index < -0.39 is 15.9 Å². The molecule has 1 fully saturated rings. The molecule has 4 rings (SSSR count). The summed E-state index contributed by atoms with van der Waals surface area (Å²) in [6.07, 6.45) is 1.19. The Balaban J connectivity index is 1.63. The van der Waals surface area contributed by atoms with Crippen LogP contribution >= 0.6 is 34.3 Å². The summed E-state index contributed by atoms with van der Waals surface area (Å²) in [4.78, 5) is 18.1. The molecule has 0 aliphatic carbocycles. The summed E-state index contributed by atoms with van der Waals surface area (Å²) in [5.41, 5.74) is 0.937. The van der Waals surface area contributed by atoms with E-state index >= 15 is 0 Å². The van der Waals surface area contributed by atoms with Crippen molar-refractivity contribution >= 4 is 60.4 Å². The molecule has 1 unspecified atom stereocenters. The topological polar surface area (TPSA) is 90.2 Å². The minimum Gasteiger partial charge on any atom is -0.497 e. The number of carbonyl (C=O) groups excluding carboxylic acids is 1. The summed E-state index contributed by atoms with van der Waals surface area (Å²) in [6.45, 7) is 1.49. The van der Waals surface area contributed by atoms with Gasteiger partial charge in [-0.05, 0) is 43.2 Å². The number of ether oxygens (including phenoxy) is 2. The maximum absolute atomic E-state index is 13.1. The summed E-state index contributed by atoms with van der Waals surface area (Å²) in [7, 11) is -0.459. The van der Waals surface area contributed by atoms with Crippen LogP contribution in [0.5, 0.6) is 5.75 Å². The maximum atomic E-state index is 13.1.